The van der Waals surface area contributed by atoms with E-state index in [2.05, 4.69) is 37.2 Å². The Kier molecular flexibility index (Phi) is 4.58. The van der Waals surface area contributed by atoms with Gasteiger partial charge in [0.05, 0.1) is 11.3 Å². The molecule has 2 rings (SSSR count). The third kappa shape index (κ3) is 3.21. The Morgan fingerprint density at radius 3 is 2.19 bits per heavy atom. The van der Waals surface area contributed by atoms with Crippen LogP contribution < -0.4 is 11.1 Å². The Morgan fingerprint density at radius 1 is 1.05 bits per heavy atom. The molecule has 0 aliphatic carbocycles. The summed E-state index contributed by atoms with van der Waals surface area (Å²) in [6.45, 7) is 0. The topological polar surface area (TPSA) is 55.1 Å². The van der Waals surface area contributed by atoms with E-state index in [1.165, 1.54) is 12.1 Å². The number of anilines is 2. The molecule has 0 spiro atoms. The molecule has 0 saturated carbocycles. The fourth-order valence-electron chi connectivity index (χ4n) is 1.59. The van der Waals surface area contributed by atoms with Crippen LogP contribution >= 0.6 is 31.9 Å². The summed E-state index contributed by atoms with van der Waals surface area (Å²) in [5, 5.41) is 2.39. The number of nitrogens with two attached hydrogens (primary N) is 1. The molecule has 0 aliphatic rings. The van der Waals surface area contributed by atoms with Gasteiger partial charge in [-0.15, -0.1) is 0 Å². The van der Waals surface area contributed by atoms with Crippen molar-refractivity contribution in [2.75, 3.05) is 11.1 Å². The predicted octanol–water partition coefficient (Wildman–Crippen LogP) is 4.46. The van der Waals surface area contributed by atoms with Crippen LogP contribution in [-0.4, -0.2) is 5.91 Å². The van der Waals surface area contributed by atoms with Gasteiger partial charge in [-0.2, -0.15) is 0 Å². The number of halogens is 5. The van der Waals surface area contributed by atoms with E-state index in [0.29, 0.717) is 26.4 Å². The van der Waals surface area contributed by atoms with Crippen molar-refractivity contribution in [1.82, 2.24) is 0 Å². The van der Waals surface area contributed by atoms with Crippen LogP contribution in [0.3, 0.4) is 0 Å². The number of amides is 1. The summed E-state index contributed by atoms with van der Waals surface area (Å²) in [5.74, 6) is -5.52. The zero-order chi connectivity index (χ0) is 15.7. The molecule has 0 radical (unpaired) electrons. The van der Waals surface area contributed by atoms with E-state index in [-0.39, 0.29) is 0 Å². The lowest BCUT2D eigenvalue weighted by Gasteiger charge is -2.11. The Bertz CT molecular complexity index is 715. The molecule has 0 aromatic heterocycles. The highest BCUT2D eigenvalue weighted by Crippen LogP contribution is 2.33. The van der Waals surface area contributed by atoms with Crippen LogP contribution in [0.2, 0.25) is 0 Å². The van der Waals surface area contributed by atoms with Gasteiger partial charge >= 0.3 is 0 Å². The van der Waals surface area contributed by atoms with E-state index >= 15 is 0 Å². The van der Waals surface area contributed by atoms with Crippen LogP contribution in [0.5, 0.6) is 0 Å². The van der Waals surface area contributed by atoms with Crippen LogP contribution in [0, 0.1) is 17.5 Å². The van der Waals surface area contributed by atoms with E-state index in [9.17, 15) is 18.0 Å². The highest BCUT2D eigenvalue weighted by molar-refractivity contribution is 9.11. The molecule has 2 aromatic rings. The monoisotopic (exact) mass is 422 g/mol. The molecule has 0 unspecified atom stereocenters. The largest absolute Gasteiger partial charge is 0.399 e. The molecule has 0 aliphatic heterocycles. The molecular weight excluding hydrogens is 417 g/mol. The maximum Gasteiger partial charge on any atom is 0.258 e. The molecule has 3 N–H and O–H groups in total. The van der Waals surface area contributed by atoms with E-state index in [1.807, 2.05) is 0 Å². The molecule has 0 fully saturated rings. The van der Waals surface area contributed by atoms with Crippen molar-refractivity contribution in [3.05, 3.63) is 56.2 Å². The average molecular weight is 424 g/mol. The standard InChI is InChI=1S/C13H7Br2F3N2O/c14-7-3-5(19)4-8(15)12(7)20-13(21)6-1-2-9(16)11(18)10(6)17/h1-4H,19H2,(H,20,21). The number of hydrogen-bond acceptors (Lipinski definition) is 2. The Morgan fingerprint density at radius 2 is 1.62 bits per heavy atom. The molecule has 110 valence electrons. The number of rotatable bonds is 2. The van der Waals surface area contributed by atoms with Gasteiger partial charge in [-0.1, -0.05) is 0 Å². The van der Waals surface area contributed by atoms with E-state index in [1.54, 1.807) is 0 Å². The maximum absolute atomic E-state index is 13.6. The van der Waals surface area contributed by atoms with Gasteiger partial charge in [-0.05, 0) is 56.1 Å². The summed E-state index contributed by atoms with van der Waals surface area (Å²) in [7, 11) is 0. The minimum Gasteiger partial charge on any atom is -0.399 e. The van der Waals surface area contributed by atoms with Gasteiger partial charge in [0.15, 0.2) is 17.5 Å². The normalized spacial score (nSPS) is 10.5. The Balaban J connectivity index is 2.38. The SMILES string of the molecule is Nc1cc(Br)c(NC(=O)c2ccc(F)c(F)c2F)c(Br)c1. The first kappa shape index (κ1) is 15.8. The van der Waals surface area contributed by atoms with Crippen molar-refractivity contribution in [3.8, 4) is 0 Å². The first-order chi connectivity index (χ1) is 9.81. The van der Waals surface area contributed by atoms with Crippen LogP contribution in [0.4, 0.5) is 24.5 Å². The smallest absolute Gasteiger partial charge is 0.258 e. The van der Waals surface area contributed by atoms with Gasteiger partial charge in [-0.25, -0.2) is 13.2 Å². The number of carbonyl (C=O) groups excluding carboxylic acids is 1. The molecule has 0 saturated heterocycles. The minimum absolute atomic E-state index is 0.290. The molecule has 3 nitrogen and oxygen atoms in total. The van der Waals surface area contributed by atoms with Gasteiger partial charge in [0, 0.05) is 14.6 Å². The second-order valence-corrected chi connectivity index (χ2v) is 5.75. The fraction of sp³-hybridized carbons (Fsp3) is 0. The molecular formula is C13H7Br2F3N2O. The number of benzene rings is 2. The van der Waals surface area contributed by atoms with Crippen molar-refractivity contribution >= 4 is 49.1 Å². The van der Waals surface area contributed by atoms with Crippen molar-refractivity contribution in [1.29, 1.82) is 0 Å². The first-order valence-corrected chi connectivity index (χ1v) is 7.09. The summed E-state index contributed by atoms with van der Waals surface area (Å²) in [5.41, 5.74) is 5.73. The maximum atomic E-state index is 13.6. The predicted molar refractivity (Wildman–Crippen MR) is 80.5 cm³/mol. The third-order valence-corrected chi connectivity index (χ3v) is 3.83. The van der Waals surface area contributed by atoms with Crippen molar-refractivity contribution in [2.24, 2.45) is 0 Å². The molecule has 1 amide bonds. The van der Waals surface area contributed by atoms with Crippen LogP contribution in [0.25, 0.3) is 0 Å². The first-order valence-electron chi connectivity index (χ1n) is 5.50. The van der Waals surface area contributed by atoms with Gasteiger partial charge in [0.25, 0.3) is 5.91 Å². The van der Waals surface area contributed by atoms with Gasteiger partial charge in [0.1, 0.15) is 0 Å². The molecule has 2 aromatic carbocycles. The third-order valence-electron chi connectivity index (χ3n) is 2.58. The molecule has 21 heavy (non-hydrogen) atoms. The quantitative estimate of drug-likeness (QED) is 0.553. The van der Waals surface area contributed by atoms with E-state index in [4.69, 9.17) is 5.73 Å². The van der Waals surface area contributed by atoms with Crippen molar-refractivity contribution in [3.63, 3.8) is 0 Å². The average Bonchev–Trinajstić information content (AvgIpc) is 2.40. The summed E-state index contributed by atoms with van der Waals surface area (Å²) >= 11 is 6.38. The van der Waals surface area contributed by atoms with E-state index in [0.717, 1.165) is 6.07 Å². The molecule has 8 heteroatoms. The number of hydrogen-bond donors (Lipinski definition) is 2. The highest BCUT2D eigenvalue weighted by atomic mass is 79.9. The molecule has 0 atom stereocenters. The second-order valence-electron chi connectivity index (χ2n) is 4.04. The summed E-state index contributed by atoms with van der Waals surface area (Å²) in [6.07, 6.45) is 0. The van der Waals surface area contributed by atoms with Crippen molar-refractivity contribution < 1.29 is 18.0 Å². The molecule has 0 bridgehead atoms. The summed E-state index contributed by atoms with van der Waals surface area (Å²) in [6, 6.07) is 4.60. The van der Waals surface area contributed by atoms with Crippen LogP contribution in [-0.2, 0) is 0 Å². The number of carbonyl (C=O) groups is 1. The minimum atomic E-state index is -1.70. The zero-order valence-electron chi connectivity index (χ0n) is 10.2. The van der Waals surface area contributed by atoms with Crippen LogP contribution in [0.1, 0.15) is 10.4 Å². The van der Waals surface area contributed by atoms with Crippen LogP contribution in [0.15, 0.2) is 33.2 Å². The zero-order valence-corrected chi connectivity index (χ0v) is 13.4. The highest BCUT2D eigenvalue weighted by Gasteiger charge is 2.20. The van der Waals surface area contributed by atoms with Crippen molar-refractivity contribution in [2.45, 2.75) is 0 Å². The lowest BCUT2D eigenvalue weighted by molar-refractivity contribution is 0.102. The molecule has 0 heterocycles. The number of nitrogen functional groups attached to an aromatic ring is 1. The Labute approximate surface area is 134 Å². The van der Waals surface area contributed by atoms with Gasteiger partial charge in [-0.3, -0.25) is 4.79 Å². The van der Waals surface area contributed by atoms with E-state index < -0.39 is 28.9 Å². The number of nitrogens with one attached hydrogen (secondary N) is 1. The summed E-state index contributed by atoms with van der Waals surface area (Å²) in [4.78, 5) is 12.0. The second kappa shape index (κ2) is 6.07. The fourth-order valence-corrected chi connectivity index (χ4v) is 3.01. The summed E-state index contributed by atoms with van der Waals surface area (Å²) < 4.78 is 40.4. The lowest BCUT2D eigenvalue weighted by Crippen LogP contribution is -2.16. The van der Waals surface area contributed by atoms with Gasteiger partial charge < -0.3 is 11.1 Å². The lowest BCUT2D eigenvalue weighted by atomic mass is 10.1. The Hall–Kier alpha value is -1.54. The van der Waals surface area contributed by atoms with Gasteiger partial charge in [0.2, 0.25) is 0 Å².